The summed E-state index contributed by atoms with van der Waals surface area (Å²) < 4.78 is 46.3. The number of anilines is 1. The number of ether oxygens (including phenoxy) is 2. The van der Waals surface area contributed by atoms with E-state index in [-0.39, 0.29) is 24.1 Å². The number of hydrogen-bond acceptors (Lipinski definition) is 4. The molecule has 7 heteroatoms. The average molecular weight is 304 g/mol. The number of halogens is 3. The Kier molecular flexibility index (Phi) is 4.92. The molecule has 2 atom stereocenters. The quantitative estimate of drug-likeness (QED) is 0.926. The van der Waals surface area contributed by atoms with Gasteiger partial charge in [-0.15, -0.1) is 0 Å². The smallest absolute Gasteiger partial charge is 0.422 e. The third-order valence-electron chi connectivity index (χ3n) is 3.19. The number of hydrogen-bond donors (Lipinski definition) is 1. The van der Waals surface area contributed by atoms with Crippen LogP contribution in [0.1, 0.15) is 26.7 Å². The predicted octanol–water partition coefficient (Wildman–Crippen LogP) is 3.39. The van der Waals surface area contributed by atoms with Crippen LogP contribution < -0.4 is 10.1 Å². The molecule has 0 amide bonds. The Morgan fingerprint density at radius 3 is 2.48 bits per heavy atom. The molecule has 0 bridgehead atoms. The first-order valence-corrected chi connectivity index (χ1v) is 6.89. The summed E-state index contributed by atoms with van der Waals surface area (Å²) in [6, 6.07) is 3.37. The maximum Gasteiger partial charge on any atom is 0.422 e. The molecule has 4 nitrogen and oxygen atoms in total. The molecule has 1 aliphatic heterocycles. The maximum absolute atomic E-state index is 12.0. The van der Waals surface area contributed by atoms with E-state index in [4.69, 9.17) is 4.74 Å². The molecular weight excluding hydrogens is 285 g/mol. The lowest BCUT2D eigenvalue weighted by atomic mass is 10.00. The zero-order chi connectivity index (χ0) is 15.5. The SMILES string of the molecule is CC1CC(Nc2ccc(OCC(F)(F)F)nc2)CC(C)O1. The van der Waals surface area contributed by atoms with Crippen LogP contribution >= 0.6 is 0 Å². The molecule has 21 heavy (non-hydrogen) atoms. The second kappa shape index (κ2) is 6.51. The van der Waals surface area contributed by atoms with Crippen LogP contribution in [-0.4, -0.2) is 36.0 Å². The number of aromatic nitrogens is 1. The van der Waals surface area contributed by atoms with Crippen molar-refractivity contribution in [3.05, 3.63) is 18.3 Å². The van der Waals surface area contributed by atoms with Crippen LogP contribution in [0.4, 0.5) is 18.9 Å². The van der Waals surface area contributed by atoms with Crippen molar-refractivity contribution < 1.29 is 22.6 Å². The highest BCUT2D eigenvalue weighted by Crippen LogP contribution is 2.23. The first kappa shape index (κ1) is 15.9. The Morgan fingerprint density at radius 2 is 1.95 bits per heavy atom. The van der Waals surface area contributed by atoms with Gasteiger partial charge in [0, 0.05) is 12.1 Å². The number of nitrogens with one attached hydrogen (secondary N) is 1. The van der Waals surface area contributed by atoms with Crippen molar-refractivity contribution >= 4 is 5.69 Å². The van der Waals surface area contributed by atoms with Crippen LogP contribution in [-0.2, 0) is 4.74 Å². The molecule has 0 radical (unpaired) electrons. The fourth-order valence-corrected chi connectivity index (χ4v) is 2.47. The minimum Gasteiger partial charge on any atom is -0.468 e. The summed E-state index contributed by atoms with van der Waals surface area (Å²) in [5, 5.41) is 3.32. The summed E-state index contributed by atoms with van der Waals surface area (Å²) in [6.45, 7) is 2.72. The van der Waals surface area contributed by atoms with Crippen molar-refractivity contribution in [2.45, 2.75) is 51.1 Å². The lowest BCUT2D eigenvalue weighted by Gasteiger charge is -2.33. The third kappa shape index (κ3) is 5.41. The maximum atomic E-state index is 12.0. The first-order valence-electron chi connectivity index (χ1n) is 6.89. The van der Waals surface area contributed by atoms with Crippen molar-refractivity contribution in [1.82, 2.24) is 4.98 Å². The molecular formula is C14H19F3N2O2. The van der Waals surface area contributed by atoms with Gasteiger partial charge in [-0.05, 0) is 32.8 Å². The third-order valence-corrected chi connectivity index (χ3v) is 3.19. The van der Waals surface area contributed by atoms with E-state index in [1.54, 1.807) is 6.07 Å². The molecule has 1 aromatic rings. The van der Waals surface area contributed by atoms with E-state index >= 15 is 0 Å². The molecule has 0 spiro atoms. The molecule has 1 aromatic heterocycles. The molecule has 2 rings (SSSR count). The van der Waals surface area contributed by atoms with Crippen molar-refractivity contribution in [3.63, 3.8) is 0 Å². The van der Waals surface area contributed by atoms with Gasteiger partial charge in [0.15, 0.2) is 6.61 Å². The second-order valence-corrected chi connectivity index (χ2v) is 5.36. The minimum atomic E-state index is -4.35. The largest absolute Gasteiger partial charge is 0.468 e. The van der Waals surface area contributed by atoms with Crippen molar-refractivity contribution in [3.8, 4) is 5.88 Å². The number of alkyl halides is 3. The molecule has 2 unspecified atom stereocenters. The first-order chi connectivity index (χ1) is 9.82. The Balaban J connectivity index is 1.87. The highest BCUT2D eigenvalue weighted by Gasteiger charge is 2.28. The number of nitrogens with zero attached hydrogens (tertiary/aromatic N) is 1. The highest BCUT2D eigenvalue weighted by molar-refractivity contribution is 5.43. The number of rotatable bonds is 4. The van der Waals surface area contributed by atoms with Crippen molar-refractivity contribution in [2.24, 2.45) is 0 Å². The Morgan fingerprint density at radius 1 is 1.29 bits per heavy atom. The van der Waals surface area contributed by atoms with Crippen molar-refractivity contribution in [1.29, 1.82) is 0 Å². The van der Waals surface area contributed by atoms with E-state index in [0.29, 0.717) is 0 Å². The van der Waals surface area contributed by atoms with Gasteiger partial charge >= 0.3 is 6.18 Å². The molecule has 1 saturated heterocycles. The van der Waals surface area contributed by atoms with Gasteiger partial charge in [0.2, 0.25) is 5.88 Å². The van der Waals surface area contributed by atoms with Crippen LogP contribution in [0.2, 0.25) is 0 Å². The highest BCUT2D eigenvalue weighted by atomic mass is 19.4. The Hall–Kier alpha value is -1.50. The lowest BCUT2D eigenvalue weighted by Crippen LogP contribution is -2.36. The Labute approximate surface area is 121 Å². The molecule has 0 aliphatic carbocycles. The monoisotopic (exact) mass is 304 g/mol. The second-order valence-electron chi connectivity index (χ2n) is 5.36. The summed E-state index contributed by atoms with van der Waals surface area (Å²) in [4.78, 5) is 3.87. The molecule has 1 N–H and O–H groups in total. The molecule has 1 fully saturated rings. The normalized spacial score (nSPS) is 26.4. The summed E-state index contributed by atoms with van der Waals surface area (Å²) in [7, 11) is 0. The average Bonchev–Trinajstić information content (AvgIpc) is 2.36. The van der Waals surface area contributed by atoms with Gasteiger partial charge in [-0.3, -0.25) is 0 Å². The van der Waals surface area contributed by atoms with Gasteiger partial charge in [0.25, 0.3) is 0 Å². The van der Waals surface area contributed by atoms with Gasteiger partial charge < -0.3 is 14.8 Å². The summed E-state index contributed by atoms with van der Waals surface area (Å²) in [5.41, 5.74) is 0.764. The van der Waals surface area contributed by atoms with E-state index < -0.39 is 12.8 Å². The zero-order valence-corrected chi connectivity index (χ0v) is 12.0. The van der Waals surface area contributed by atoms with Gasteiger partial charge in [-0.2, -0.15) is 13.2 Å². The van der Waals surface area contributed by atoms with E-state index in [1.165, 1.54) is 12.3 Å². The fourth-order valence-electron chi connectivity index (χ4n) is 2.47. The van der Waals surface area contributed by atoms with Gasteiger partial charge in [0.1, 0.15) is 0 Å². The summed E-state index contributed by atoms with van der Waals surface area (Å²) >= 11 is 0. The minimum absolute atomic E-state index is 0.0356. The van der Waals surface area contributed by atoms with Crippen LogP contribution in [0.25, 0.3) is 0 Å². The van der Waals surface area contributed by atoms with E-state index in [9.17, 15) is 13.2 Å². The molecule has 0 aromatic carbocycles. The topological polar surface area (TPSA) is 43.4 Å². The van der Waals surface area contributed by atoms with Crippen molar-refractivity contribution in [2.75, 3.05) is 11.9 Å². The molecule has 118 valence electrons. The molecule has 2 heterocycles. The number of pyridine rings is 1. The Bertz CT molecular complexity index is 441. The van der Waals surface area contributed by atoms with Gasteiger partial charge in [0.05, 0.1) is 24.1 Å². The van der Waals surface area contributed by atoms with Crippen LogP contribution in [0.3, 0.4) is 0 Å². The van der Waals surface area contributed by atoms with E-state index in [2.05, 4.69) is 15.0 Å². The van der Waals surface area contributed by atoms with Crippen LogP contribution in [0.15, 0.2) is 18.3 Å². The predicted molar refractivity (Wildman–Crippen MR) is 72.4 cm³/mol. The van der Waals surface area contributed by atoms with Gasteiger partial charge in [-0.1, -0.05) is 0 Å². The molecule has 1 aliphatic rings. The van der Waals surface area contributed by atoms with Crippen LogP contribution in [0, 0.1) is 0 Å². The van der Waals surface area contributed by atoms with Crippen LogP contribution in [0.5, 0.6) is 5.88 Å². The van der Waals surface area contributed by atoms with E-state index in [0.717, 1.165) is 18.5 Å². The lowest BCUT2D eigenvalue weighted by molar-refractivity contribution is -0.154. The zero-order valence-electron chi connectivity index (χ0n) is 12.0. The summed E-state index contributed by atoms with van der Waals surface area (Å²) in [6.07, 6.45) is -0.723. The van der Waals surface area contributed by atoms with E-state index in [1.807, 2.05) is 13.8 Å². The standard InChI is InChI=1S/C14H19F3N2O2/c1-9-5-12(6-10(2)21-9)19-11-3-4-13(18-7-11)20-8-14(15,16)17/h3-4,7,9-10,12,19H,5-6,8H2,1-2H3. The van der Waals surface area contributed by atoms with Gasteiger partial charge in [-0.25, -0.2) is 4.98 Å². The summed E-state index contributed by atoms with van der Waals surface area (Å²) in [5.74, 6) is -0.0356. The molecule has 0 saturated carbocycles. The fraction of sp³-hybridized carbons (Fsp3) is 0.643.